The van der Waals surface area contributed by atoms with Crippen LogP contribution in [-0.2, 0) is 7.05 Å². The lowest BCUT2D eigenvalue weighted by molar-refractivity contribution is -0.402. The monoisotopic (exact) mass is 402 g/mol. The molecule has 2 heterocycles. The summed E-state index contributed by atoms with van der Waals surface area (Å²) in [5.74, 6) is -0.198. The number of aromatic nitrogens is 2. The number of aliphatic imine (C=N–C) groups is 1. The van der Waals surface area contributed by atoms with Gasteiger partial charge in [-0.25, -0.2) is 9.67 Å². The summed E-state index contributed by atoms with van der Waals surface area (Å²) in [5.41, 5.74) is 3.15. The van der Waals surface area contributed by atoms with Gasteiger partial charge >= 0.3 is 5.88 Å². The van der Waals surface area contributed by atoms with Crippen LogP contribution in [0.15, 0.2) is 80.9 Å². The van der Waals surface area contributed by atoms with E-state index < -0.39 is 4.92 Å². The number of furan rings is 1. The van der Waals surface area contributed by atoms with Crippen LogP contribution in [0.2, 0.25) is 0 Å². The first-order chi connectivity index (χ1) is 14.5. The van der Waals surface area contributed by atoms with Gasteiger partial charge in [-0.3, -0.25) is 19.6 Å². The first-order valence-electron chi connectivity index (χ1n) is 9.18. The van der Waals surface area contributed by atoms with Gasteiger partial charge in [0.2, 0.25) is 0 Å². The molecule has 0 radical (unpaired) electrons. The summed E-state index contributed by atoms with van der Waals surface area (Å²) in [7, 11) is 1.79. The second kappa shape index (κ2) is 7.67. The molecule has 0 unspecified atom stereocenters. The van der Waals surface area contributed by atoms with Crippen molar-refractivity contribution < 1.29 is 9.34 Å². The van der Waals surface area contributed by atoms with Gasteiger partial charge in [-0.15, -0.1) is 0 Å². The topological polar surface area (TPSA) is 95.6 Å². The van der Waals surface area contributed by atoms with Crippen molar-refractivity contribution in [2.24, 2.45) is 12.0 Å². The normalized spacial score (nSPS) is 11.3. The van der Waals surface area contributed by atoms with Gasteiger partial charge in [0, 0.05) is 12.6 Å². The number of nitro groups is 1. The van der Waals surface area contributed by atoms with Crippen LogP contribution in [0.5, 0.6) is 0 Å². The van der Waals surface area contributed by atoms with E-state index >= 15 is 0 Å². The summed E-state index contributed by atoms with van der Waals surface area (Å²) < 4.78 is 8.41. The van der Waals surface area contributed by atoms with Crippen LogP contribution in [0.1, 0.15) is 11.3 Å². The van der Waals surface area contributed by atoms with Crippen molar-refractivity contribution in [3.63, 3.8) is 0 Å². The third kappa shape index (κ3) is 3.46. The predicted octanol–water partition coefficient (Wildman–Crippen LogP) is 4.40. The Balaban J connectivity index is 1.89. The SMILES string of the molecule is Cc1ccc(-c2c(N=Cc3ccc([N+](=O)[O-])o3)c(=O)n(-c3ccccc3)n2C)cc1. The molecule has 4 rings (SSSR count). The van der Waals surface area contributed by atoms with Crippen molar-refractivity contribution in [3.8, 4) is 16.9 Å². The van der Waals surface area contributed by atoms with Gasteiger partial charge < -0.3 is 4.42 Å². The number of para-hydroxylation sites is 1. The fourth-order valence-electron chi connectivity index (χ4n) is 3.24. The largest absolute Gasteiger partial charge is 0.433 e. The highest BCUT2D eigenvalue weighted by Crippen LogP contribution is 2.29. The number of hydrogen-bond acceptors (Lipinski definition) is 5. The van der Waals surface area contributed by atoms with Crippen molar-refractivity contribution in [2.45, 2.75) is 6.92 Å². The van der Waals surface area contributed by atoms with Crippen LogP contribution < -0.4 is 5.56 Å². The van der Waals surface area contributed by atoms with Crippen LogP contribution >= 0.6 is 0 Å². The molecule has 2 aromatic carbocycles. The second-order valence-electron chi connectivity index (χ2n) is 6.73. The highest BCUT2D eigenvalue weighted by atomic mass is 16.6. The molecule has 150 valence electrons. The number of aryl methyl sites for hydroxylation is 1. The van der Waals surface area contributed by atoms with E-state index in [2.05, 4.69) is 4.99 Å². The van der Waals surface area contributed by atoms with E-state index in [4.69, 9.17) is 4.42 Å². The first kappa shape index (κ1) is 19.1. The summed E-state index contributed by atoms with van der Waals surface area (Å²) in [4.78, 5) is 27.8. The second-order valence-corrected chi connectivity index (χ2v) is 6.73. The molecule has 0 atom stereocenters. The molecule has 0 saturated heterocycles. The number of hydrogen-bond donors (Lipinski definition) is 0. The van der Waals surface area contributed by atoms with Gasteiger partial charge in [0.15, 0.2) is 11.4 Å². The summed E-state index contributed by atoms with van der Waals surface area (Å²) in [6.45, 7) is 1.99. The fraction of sp³-hybridized carbons (Fsp3) is 0.0909. The van der Waals surface area contributed by atoms with Crippen molar-refractivity contribution >= 4 is 17.8 Å². The molecule has 0 aliphatic rings. The zero-order valence-corrected chi connectivity index (χ0v) is 16.4. The zero-order valence-electron chi connectivity index (χ0n) is 16.4. The number of rotatable bonds is 5. The summed E-state index contributed by atoms with van der Waals surface area (Å²) >= 11 is 0. The lowest BCUT2D eigenvalue weighted by Gasteiger charge is -2.10. The molecule has 0 N–H and O–H groups in total. The Labute approximate surface area is 171 Å². The Kier molecular flexibility index (Phi) is 4.89. The maximum Gasteiger partial charge on any atom is 0.433 e. The lowest BCUT2D eigenvalue weighted by Crippen LogP contribution is -2.19. The molecule has 8 heteroatoms. The molecule has 30 heavy (non-hydrogen) atoms. The van der Waals surface area contributed by atoms with Crippen molar-refractivity contribution in [3.05, 3.63) is 98.5 Å². The highest BCUT2D eigenvalue weighted by molar-refractivity contribution is 5.83. The van der Waals surface area contributed by atoms with E-state index in [0.29, 0.717) is 11.4 Å². The third-order valence-electron chi connectivity index (χ3n) is 4.68. The smallest absolute Gasteiger partial charge is 0.400 e. The molecular formula is C22H18N4O4. The van der Waals surface area contributed by atoms with Crippen molar-refractivity contribution in [1.29, 1.82) is 0 Å². The van der Waals surface area contributed by atoms with Gasteiger partial charge in [0.25, 0.3) is 5.56 Å². The molecule has 2 aromatic heterocycles. The maximum absolute atomic E-state index is 13.3. The minimum atomic E-state index is -0.625. The Hall–Kier alpha value is -4.20. The number of benzene rings is 2. The van der Waals surface area contributed by atoms with E-state index in [1.807, 2.05) is 61.5 Å². The van der Waals surface area contributed by atoms with Gasteiger partial charge in [-0.1, -0.05) is 48.0 Å². The molecule has 8 nitrogen and oxygen atoms in total. The van der Waals surface area contributed by atoms with Gasteiger partial charge in [-0.2, -0.15) is 0 Å². The maximum atomic E-state index is 13.3. The Morgan fingerprint density at radius 2 is 1.73 bits per heavy atom. The average molecular weight is 402 g/mol. The van der Waals surface area contributed by atoms with Crippen LogP contribution in [0.3, 0.4) is 0 Å². The summed E-state index contributed by atoms with van der Waals surface area (Å²) in [6.07, 6.45) is 1.32. The average Bonchev–Trinajstić information content (AvgIpc) is 3.31. The van der Waals surface area contributed by atoms with E-state index in [1.54, 1.807) is 11.7 Å². The van der Waals surface area contributed by atoms with Crippen LogP contribution in [0.4, 0.5) is 11.6 Å². The molecule has 0 bridgehead atoms. The molecule has 0 aliphatic heterocycles. The minimum Gasteiger partial charge on any atom is -0.400 e. The van der Waals surface area contributed by atoms with Gasteiger partial charge in [0.05, 0.1) is 23.7 Å². The molecule has 0 amide bonds. The molecular weight excluding hydrogens is 384 g/mol. The summed E-state index contributed by atoms with van der Waals surface area (Å²) in [6, 6.07) is 19.7. The van der Waals surface area contributed by atoms with E-state index in [1.165, 1.54) is 23.0 Å². The van der Waals surface area contributed by atoms with Crippen LogP contribution in [0, 0.1) is 17.0 Å². The lowest BCUT2D eigenvalue weighted by atomic mass is 10.1. The molecule has 4 aromatic rings. The molecule has 0 spiro atoms. The fourth-order valence-corrected chi connectivity index (χ4v) is 3.24. The Bertz CT molecular complexity index is 1300. The zero-order chi connectivity index (χ0) is 21.3. The van der Waals surface area contributed by atoms with Gasteiger partial charge in [-0.05, 0) is 25.1 Å². The number of nitrogens with zero attached hydrogens (tertiary/aromatic N) is 4. The van der Waals surface area contributed by atoms with E-state index in [9.17, 15) is 14.9 Å². The highest BCUT2D eigenvalue weighted by Gasteiger charge is 2.20. The summed E-state index contributed by atoms with van der Waals surface area (Å²) in [5, 5.41) is 10.8. The quantitative estimate of drug-likeness (QED) is 0.281. The third-order valence-corrected chi connectivity index (χ3v) is 4.68. The van der Waals surface area contributed by atoms with Crippen LogP contribution in [0.25, 0.3) is 16.9 Å². The minimum absolute atomic E-state index is 0.186. The van der Waals surface area contributed by atoms with Crippen molar-refractivity contribution in [2.75, 3.05) is 0 Å². The van der Waals surface area contributed by atoms with Crippen LogP contribution in [-0.4, -0.2) is 20.5 Å². The predicted molar refractivity (Wildman–Crippen MR) is 114 cm³/mol. The molecule has 0 saturated carbocycles. The Morgan fingerprint density at radius 3 is 2.37 bits per heavy atom. The standard InChI is InChI=1S/C22H18N4O4/c1-15-8-10-16(11-9-15)21-20(23-14-18-12-13-19(30-18)26(28)29)22(27)25(24(21)2)17-6-4-3-5-7-17/h3-14H,1-2H3. The van der Waals surface area contributed by atoms with Gasteiger partial charge in [0.1, 0.15) is 4.92 Å². The van der Waals surface area contributed by atoms with E-state index in [0.717, 1.165) is 11.1 Å². The molecule has 0 fully saturated rings. The first-order valence-corrected chi connectivity index (χ1v) is 9.18. The molecule has 0 aliphatic carbocycles. The van der Waals surface area contributed by atoms with E-state index in [-0.39, 0.29) is 22.9 Å². The Morgan fingerprint density at radius 1 is 1.03 bits per heavy atom. The van der Waals surface area contributed by atoms with Crippen molar-refractivity contribution in [1.82, 2.24) is 9.36 Å².